The van der Waals surface area contributed by atoms with Gasteiger partial charge in [-0.15, -0.1) is 11.3 Å². The minimum Gasteiger partial charge on any atom is -0.335 e. The molecule has 1 aromatic carbocycles. The number of imidazole rings is 1. The smallest absolute Gasteiger partial charge is 0.227 e. The summed E-state index contributed by atoms with van der Waals surface area (Å²) in [4.78, 5) is 43.4. The van der Waals surface area contributed by atoms with Crippen LogP contribution in [0.3, 0.4) is 0 Å². The number of ketones is 1. The number of carbonyl (C=O) groups excluding carboxylic acids is 2. The second-order valence-electron chi connectivity index (χ2n) is 9.73. The topological polar surface area (TPSA) is 129 Å². The van der Waals surface area contributed by atoms with Crippen molar-refractivity contribution in [2.24, 2.45) is 5.92 Å². The van der Waals surface area contributed by atoms with E-state index in [1.54, 1.807) is 13.1 Å². The van der Waals surface area contributed by atoms with Crippen LogP contribution in [0.15, 0.2) is 60.8 Å². The number of carbonyl (C=O) groups is 2. The van der Waals surface area contributed by atoms with E-state index < -0.39 is 0 Å². The fraction of sp³-hybridized carbons (Fsp3) is 0.172. The number of Topliss-reactive ketones (excluding diaryl/α,β-unsaturated/α-hetero) is 1. The van der Waals surface area contributed by atoms with Crippen molar-refractivity contribution in [3.63, 3.8) is 0 Å². The number of hydrogen-bond acceptors (Lipinski definition) is 7. The molecule has 7 rings (SSSR count). The van der Waals surface area contributed by atoms with Gasteiger partial charge < -0.3 is 10.3 Å². The molecule has 39 heavy (non-hydrogen) atoms. The molecule has 5 heterocycles. The van der Waals surface area contributed by atoms with Crippen molar-refractivity contribution in [3.05, 3.63) is 65.7 Å². The van der Waals surface area contributed by atoms with Crippen molar-refractivity contribution in [2.45, 2.75) is 26.2 Å². The van der Waals surface area contributed by atoms with E-state index in [0.29, 0.717) is 27.6 Å². The zero-order chi connectivity index (χ0) is 26.5. The molecule has 0 saturated heterocycles. The maximum absolute atomic E-state index is 12.4. The highest BCUT2D eigenvalue weighted by molar-refractivity contribution is 7.17. The Morgan fingerprint density at radius 1 is 1.05 bits per heavy atom. The third kappa shape index (κ3) is 4.18. The van der Waals surface area contributed by atoms with Gasteiger partial charge in [-0.25, -0.2) is 15.0 Å². The van der Waals surface area contributed by atoms with Crippen LogP contribution < -0.4 is 5.32 Å². The Hall–Kier alpha value is -4.70. The number of benzene rings is 1. The quantitative estimate of drug-likeness (QED) is 0.218. The zero-order valence-corrected chi connectivity index (χ0v) is 21.8. The van der Waals surface area contributed by atoms with Gasteiger partial charge in [-0.05, 0) is 62.2 Å². The summed E-state index contributed by atoms with van der Waals surface area (Å²) in [6.45, 7) is 1.57. The number of fused-ring (bicyclic) bond motifs is 2. The molecule has 10 heteroatoms. The molecule has 1 aliphatic carbocycles. The van der Waals surface area contributed by atoms with Gasteiger partial charge in [-0.2, -0.15) is 5.10 Å². The van der Waals surface area contributed by atoms with Crippen molar-refractivity contribution in [1.82, 2.24) is 30.1 Å². The number of anilines is 1. The number of nitrogens with one attached hydrogen (secondary N) is 3. The molecule has 5 aromatic heterocycles. The van der Waals surface area contributed by atoms with Crippen LogP contribution in [-0.2, 0) is 4.79 Å². The summed E-state index contributed by atoms with van der Waals surface area (Å²) in [6.07, 6.45) is 4.74. The molecule has 1 saturated carbocycles. The lowest BCUT2D eigenvalue weighted by molar-refractivity contribution is -0.122. The maximum atomic E-state index is 12.4. The number of rotatable bonds is 6. The minimum atomic E-state index is 0.0398. The van der Waals surface area contributed by atoms with Crippen LogP contribution in [0.2, 0.25) is 0 Å². The number of hydrogen-bond donors (Lipinski definition) is 3. The van der Waals surface area contributed by atoms with E-state index in [-0.39, 0.29) is 17.6 Å². The van der Waals surface area contributed by atoms with E-state index >= 15 is 0 Å². The van der Waals surface area contributed by atoms with Crippen molar-refractivity contribution < 1.29 is 9.59 Å². The van der Waals surface area contributed by atoms with Crippen molar-refractivity contribution in [2.75, 3.05) is 5.32 Å². The third-order valence-electron chi connectivity index (χ3n) is 7.14. The highest BCUT2D eigenvalue weighted by atomic mass is 32.1. The maximum Gasteiger partial charge on any atom is 0.227 e. The van der Waals surface area contributed by atoms with Gasteiger partial charge in [0.05, 0.1) is 21.6 Å². The molecule has 1 aliphatic rings. The summed E-state index contributed by atoms with van der Waals surface area (Å²) in [5.74, 6) is 0.784. The summed E-state index contributed by atoms with van der Waals surface area (Å²) >= 11 is 1.44. The summed E-state index contributed by atoms with van der Waals surface area (Å²) in [5.41, 5.74) is 6.70. The summed E-state index contributed by atoms with van der Waals surface area (Å²) < 4.78 is 0. The van der Waals surface area contributed by atoms with Gasteiger partial charge in [0.2, 0.25) is 5.91 Å². The summed E-state index contributed by atoms with van der Waals surface area (Å²) in [6, 6.07) is 17.3. The van der Waals surface area contributed by atoms with Crippen molar-refractivity contribution >= 4 is 50.9 Å². The molecule has 1 amide bonds. The summed E-state index contributed by atoms with van der Waals surface area (Å²) in [5, 5.41) is 10.6. The van der Waals surface area contributed by atoms with Crippen LogP contribution in [0.1, 0.15) is 35.9 Å². The van der Waals surface area contributed by atoms with Crippen LogP contribution in [0.5, 0.6) is 0 Å². The molecule has 9 nitrogen and oxygen atoms in total. The Balaban J connectivity index is 1.25. The SMILES string of the molecule is CC(=O)c1ccc(-c2ccnc3nc(-c4n[nH]c5ccc(-c6cccc(NC(=O)C7CCC7)c6)nc45)[nH]c23)s1. The largest absolute Gasteiger partial charge is 0.335 e. The number of pyridine rings is 2. The second-order valence-corrected chi connectivity index (χ2v) is 10.8. The molecule has 6 aromatic rings. The van der Waals surface area contributed by atoms with E-state index in [9.17, 15) is 9.59 Å². The second kappa shape index (κ2) is 9.25. The van der Waals surface area contributed by atoms with Crippen molar-refractivity contribution in [1.29, 1.82) is 0 Å². The highest BCUT2D eigenvalue weighted by Crippen LogP contribution is 2.35. The minimum absolute atomic E-state index is 0.0398. The van der Waals surface area contributed by atoms with Gasteiger partial charge in [-0.1, -0.05) is 18.6 Å². The Labute approximate surface area is 226 Å². The Morgan fingerprint density at radius 3 is 2.74 bits per heavy atom. The Kier molecular flexibility index (Phi) is 5.55. The van der Waals surface area contributed by atoms with Gasteiger partial charge in [-0.3, -0.25) is 14.7 Å². The molecule has 192 valence electrons. The zero-order valence-electron chi connectivity index (χ0n) is 21.0. The highest BCUT2D eigenvalue weighted by Gasteiger charge is 2.25. The molecule has 0 spiro atoms. The molecule has 1 fully saturated rings. The number of thiophene rings is 1. The van der Waals surface area contributed by atoms with Crippen LogP contribution in [0.25, 0.3) is 55.4 Å². The van der Waals surface area contributed by atoms with Crippen LogP contribution in [-0.4, -0.2) is 41.8 Å². The number of H-pyrrole nitrogens is 2. The van der Waals surface area contributed by atoms with Crippen LogP contribution in [0.4, 0.5) is 5.69 Å². The van der Waals surface area contributed by atoms with Gasteiger partial charge in [0.25, 0.3) is 0 Å². The predicted octanol–water partition coefficient (Wildman–Crippen LogP) is 6.23. The fourth-order valence-corrected chi connectivity index (χ4v) is 5.73. The number of aromatic amines is 2. The summed E-state index contributed by atoms with van der Waals surface area (Å²) in [7, 11) is 0. The average Bonchev–Trinajstić information content (AvgIpc) is 3.65. The molecule has 0 aliphatic heterocycles. The molecule has 0 unspecified atom stereocenters. The van der Waals surface area contributed by atoms with Crippen LogP contribution in [0, 0.1) is 5.92 Å². The van der Waals surface area contributed by atoms with Crippen molar-refractivity contribution in [3.8, 4) is 33.2 Å². The first-order chi connectivity index (χ1) is 19.0. The van der Waals surface area contributed by atoms with E-state index in [1.807, 2.05) is 54.6 Å². The lowest BCUT2D eigenvalue weighted by atomic mass is 9.85. The molecule has 3 N–H and O–H groups in total. The van der Waals surface area contributed by atoms with E-state index in [0.717, 1.165) is 57.7 Å². The Morgan fingerprint density at radius 2 is 1.95 bits per heavy atom. The van der Waals surface area contributed by atoms with E-state index in [4.69, 9.17) is 9.97 Å². The number of amides is 1. The first kappa shape index (κ1) is 23.4. The standard InChI is InChI=1S/C29H23N7O2S/c1-15(37)22-10-11-23(39-22)19-12-13-30-27-24(19)33-28(34-27)26-25-21(35-36-26)9-8-20(32-25)17-6-3-7-18(14-17)31-29(38)16-4-2-5-16/h3,6-14,16H,2,4-5H2,1H3,(H,31,38)(H,35,36)(H,30,33,34). The predicted molar refractivity (Wildman–Crippen MR) is 151 cm³/mol. The van der Waals surface area contributed by atoms with Gasteiger partial charge >= 0.3 is 0 Å². The van der Waals surface area contributed by atoms with Gasteiger partial charge in [0.15, 0.2) is 22.9 Å². The first-order valence-corrected chi connectivity index (χ1v) is 13.6. The third-order valence-corrected chi connectivity index (χ3v) is 8.36. The molecule has 0 radical (unpaired) electrons. The van der Waals surface area contributed by atoms with Gasteiger partial charge in [0, 0.05) is 33.8 Å². The normalized spacial score (nSPS) is 13.6. The first-order valence-electron chi connectivity index (χ1n) is 12.8. The molecular formula is C29H23N7O2S. The molecular weight excluding hydrogens is 510 g/mol. The molecule has 0 bridgehead atoms. The number of nitrogens with zero attached hydrogens (tertiary/aromatic N) is 4. The van der Waals surface area contributed by atoms with E-state index in [1.165, 1.54) is 11.3 Å². The average molecular weight is 534 g/mol. The van der Waals surface area contributed by atoms with Gasteiger partial charge in [0.1, 0.15) is 5.52 Å². The molecule has 0 atom stereocenters. The monoisotopic (exact) mass is 533 g/mol. The fourth-order valence-electron chi connectivity index (χ4n) is 4.80. The number of aromatic nitrogens is 6. The van der Waals surface area contributed by atoms with E-state index in [2.05, 4.69) is 25.5 Å². The Bertz CT molecular complexity index is 1900. The lowest BCUT2D eigenvalue weighted by Crippen LogP contribution is -2.27. The van der Waals surface area contributed by atoms with Crippen LogP contribution >= 0.6 is 11.3 Å². The lowest BCUT2D eigenvalue weighted by Gasteiger charge is -2.24.